The summed E-state index contributed by atoms with van der Waals surface area (Å²) in [7, 11) is 0. The van der Waals surface area contributed by atoms with Crippen LogP contribution >= 0.6 is 11.6 Å². The highest BCUT2D eigenvalue weighted by atomic mass is 35.5. The third-order valence-corrected chi connectivity index (χ3v) is 5.84. The number of benzene rings is 2. The van der Waals surface area contributed by atoms with Crippen LogP contribution in [0.15, 0.2) is 53.3 Å². The predicted molar refractivity (Wildman–Crippen MR) is 130 cm³/mol. The minimum absolute atomic E-state index is 0.130. The number of amides is 2. The molecule has 0 spiro atoms. The van der Waals surface area contributed by atoms with Gasteiger partial charge in [0.05, 0.1) is 12.1 Å². The van der Waals surface area contributed by atoms with Crippen LogP contribution in [0.1, 0.15) is 37.4 Å². The fourth-order valence-electron chi connectivity index (χ4n) is 3.55. The highest BCUT2D eigenvalue weighted by Crippen LogP contribution is 2.33. The summed E-state index contributed by atoms with van der Waals surface area (Å²) in [6.07, 6.45) is -6.76. The Morgan fingerprint density at radius 2 is 1.56 bits per heavy atom. The number of rotatable bonds is 8. The van der Waals surface area contributed by atoms with Crippen LogP contribution in [-0.4, -0.2) is 43.8 Å². The average Bonchev–Trinajstić information content (AvgIpc) is 2.85. The molecule has 206 valence electrons. The van der Waals surface area contributed by atoms with Crippen molar-refractivity contribution in [3.05, 3.63) is 91.7 Å². The molecule has 1 heterocycles. The molecule has 3 aromatic rings. The number of alkyl halides is 3. The summed E-state index contributed by atoms with van der Waals surface area (Å²) in [5.74, 6) is -7.05. The van der Waals surface area contributed by atoms with Crippen LogP contribution in [0.25, 0.3) is 0 Å². The fraction of sp³-hybridized carbons (Fsp3) is 0.167. The Morgan fingerprint density at radius 1 is 0.974 bits per heavy atom. The van der Waals surface area contributed by atoms with Gasteiger partial charge >= 0.3 is 12.1 Å². The van der Waals surface area contributed by atoms with E-state index in [2.05, 4.69) is 5.32 Å². The van der Waals surface area contributed by atoms with E-state index in [1.807, 2.05) is 0 Å². The monoisotopic (exact) mass is 568 g/mol. The van der Waals surface area contributed by atoms with Gasteiger partial charge in [-0.25, -0.2) is 4.79 Å². The van der Waals surface area contributed by atoms with Crippen molar-refractivity contribution in [1.82, 2.24) is 15.2 Å². The summed E-state index contributed by atoms with van der Waals surface area (Å²) >= 11 is 6.11. The SMILES string of the molecule is NC(NC(=O)c1c(O)c(C(=O)NCc2ccccc2C(F)(F)F)c(O)n(Cc2ccccc2Cl)c1=O)C(=O)O. The molecule has 2 amide bonds. The van der Waals surface area contributed by atoms with Gasteiger partial charge in [0.2, 0.25) is 5.88 Å². The molecular weight excluding hydrogens is 549 g/mol. The minimum Gasteiger partial charge on any atom is -0.506 e. The van der Waals surface area contributed by atoms with E-state index in [1.165, 1.54) is 24.3 Å². The molecule has 2 aromatic carbocycles. The molecule has 1 unspecified atom stereocenters. The number of carbonyl (C=O) groups excluding carboxylic acids is 2. The first-order valence-corrected chi connectivity index (χ1v) is 11.3. The number of aliphatic carboxylic acids is 1. The number of aromatic nitrogens is 1. The number of hydrogen-bond donors (Lipinski definition) is 6. The summed E-state index contributed by atoms with van der Waals surface area (Å²) in [4.78, 5) is 49.9. The second kappa shape index (κ2) is 11.4. The molecule has 0 saturated heterocycles. The lowest BCUT2D eigenvalue weighted by Crippen LogP contribution is -2.49. The average molecular weight is 569 g/mol. The Balaban J connectivity index is 2.11. The molecule has 0 fully saturated rings. The van der Waals surface area contributed by atoms with E-state index in [4.69, 9.17) is 22.4 Å². The van der Waals surface area contributed by atoms with Gasteiger partial charge in [0, 0.05) is 11.6 Å². The maximum atomic E-state index is 13.3. The van der Waals surface area contributed by atoms with Gasteiger partial charge in [-0.3, -0.25) is 19.0 Å². The standard InChI is InChI=1S/C24H20ClF3N4O7/c25-14-8-4-2-6-12(14)10-32-21(36)15(17(33)16(22(32)37)20(35)31-18(29)23(38)39)19(34)30-9-11-5-1-3-7-13(11)24(26,27)28/h1-8,18,33,36H,9-10,29H2,(H,30,34)(H,31,35)(H,38,39). The van der Waals surface area contributed by atoms with E-state index in [0.717, 1.165) is 18.2 Å². The molecule has 39 heavy (non-hydrogen) atoms. The third kappa shape index (κ3) is 6.30. The maximum absolute atomic E-state index is 13.3. The number of halogens is 4. The molecular formula is C24H20ClF3N4O7. The lowest BCUT2D eigenvalue weighted by atomic mass is 10.1. The smallest absolute Gasteiger partial charge is 0.416 e. The third-order valence-electron chi connectivity index (χ3n) is 5.47. The molecule has 15 heteroatoms. The molecule has 3 rings (SSSR count). The minimum atomic E-state index is -4.75. The number of hydrogen-bond acceptors (Lipinski definition) is 7. The molecule has 0 bridgehead atoms. The number of nitrogens with one attached hydrogen (secondary N) is 2. The van der Waals surface area contributed by atoms with Crippen LogP contribution in [0.2, 0.25) is 5.02 Å². The van der Waals surface area contributed by atoms with Crippen LogP contribution in [0, 0.1) is 0 Å². The zero-order valence-electron chi connectivity index (χ0n) is 19.6. The highest BCUT2D eigenvalue weighted by Gasteiger charge is 2.34. The molecule has 0 aliphatic heterocycles. The number of pyridine rings is 1. The van der Waals surface area contributed by atoms with Gasteiger partial charge in [-0.15, -0.1) is 0 Å². The van der Waals surface area contributed by atoms with Gasteiger partial charge in [-0.2, -0.15) is 13.2 Å². The van der Waals surface area contributed by atoms with Gasteiger partial charge in [-0.1, -0.05) is 48.0 Å². The number of nitrogens with two attached hydrogens (primary N) is 1. The van der Waals surface area contributed by atoms with Crippen LogP contribution < -0.4 is 21.9 Å². The van der Waals surface area contributed by atoms with Gasteiger partial charge in [0.25, 0.3) is 17.4 Å². The van der Waals surface area contributed by atoms with Crippen LogP contribution in [0.4, 0.5) is 13.2 Å². The molecule has 1 aromatic heterocycles. The van der Waals surface area contributed by atoms with E-state index in [9.17, 15) is 42.6 Å². The van der Waals surface area contributed by atoms with E-state index in [0.29, 0.717) is 4.57 Å². The van der Waals surface area contributed by atoms with E-state index >= 15 is 0 Å². The second-order valence-electron chi connectivity index (χ2n) is 8.03. The summed E-state index contributed by atoms with van der Waals surface area (Å²) < 4.78 is 40.5. The van der Waals surface area contributed by atoms with Gasteiger partial charge in [-0.05, 0) is 23.3 Å². The lowest BCUT2D eigenvalue weighted by Gasteiger charge is -2.18. The number of carboxylic acids is 1. The van der Waals surface area contributed by atoms with Crippen LogP contribution in [-0.2, 0) is 24.1 Å². The number of carbonyl (C=O) groups is 3. The summed E-state index contributed by atoms with van der Waals surface area (Å²) in [6.45, 7) is -1.24. The van der Waals surface area contributed by atoms with Crippen molar-refractivity contribution < 1.29 is 42.9 Å². The molecule has 0 aliphatic carbocycles. The first-order valence-electron chi connectivity index (χ1n) is 10.9. The van der Waals surface area contributed by atoms with Crippen molar-refractivity contribution in [2.75, 3.05) is 0 Å². The van der Waals surface area contributed by atoms with Crippen molar-refractivity contribution in [3.8, 4) is 11.6 Å². The number of aromatic hydroxyl groups is 2. The van der Waals surface area contributed by atoms with E-state index in [1.54, 1.807) is 11.4 Å². The Kier molecular flexibility index (Phi) is 8.51. The summed E-state index contributed by atoms with van der Waals surface area (Å²) in [6, 6.07) is 10.3. The van der Waals surface area contributed by atoms with E-state index in [-0.39, 0.29) is 16.1 Å². The molecule has 0 radical (unpaired) electrons. The quantitative estimate of drug-likeness (QED) is 0.223. The predicted octanol–water partition coefficient (Wildman–Crippen LogP) is 2.01. The summed E-state index contributed by atoms with van der Waals surface area (Å²) in [5.41, 5.74) is 0.553. The molecule has 11 nitrogen and oxygen atoms in total. The van der Waals surface area contributed by atoms with Gasteiger partial charge < -0.3 is 31.7 Å². The second-order valence-corrected chi connectivity index (χ2v) is 8.44. The Hall–Kier alpha value is -4.56. The largest absolute Gasteiger partial charge is 0.506 e. The number of nitrogens with zero attached hydrogens (tertiary/aromatic N) is 1. The normalized spacial score (nSPS) is 12.0. The molecule has 0 aliphatic rings. The zero-order valence-corrected chi connectivity index (χ0v) is 20.4. The number of carboxylic acid groups (broad SMARTS) is 1. The van der Waals surface area contributed by atoms with Crippen molar-refractivity contribution >= 4 is 29.4 Å². The topological polar surface area (TPSA) is 184 Å². The molecule has 0 saturated carbocycles. The van der Waals surface area contributed by atoms with Crippen molar-refractivity contribution in [3.63, 3.8) is 0 Å². The van der Waals surface area contributed by atoms with Crippen molar-refractivity contribution in [2.24, 2.45) is 5.73 Å². The van der Waals surface area contributed by atoms with Crippen molar-refractivity contribution in [1.29, 1.82) is 0 Å². The van der Waals surface area contributed by atoms with Crippen molar-refractivity contribution in [2.45, 2.75) is 25.4 Å². The Bertz CT molecular complexity index is 1510. The zero-order chi connectivity index (χ0) is 29.1. The fourth-order valence-corrected chi connectivity index (χ4v) is 3.74. The van der Waals surface area contributed by atoms with Gasteiger partial charge in [0.15, 0.2) is 11.9 Å². The van der Waals surface area contributed by atoms with E-state index < -0.39 is 77.1 Å². The first-order chi connectivity index (χ1) is 18.2. The highest BCUT2D eigenvalue weighted by molar-refractivity contribution is 6.31. The summed E-state index contributed by atoms with van der Waals surface area (Å²) in [5, 5.41) is 34.4. The first kappa shape index (κ1) is 29.0. The van der Waals surface area contributed by atoms with Crippen LogP contribution in [0.5, 0.6) is 11.6 Å². The Labute approximate surface area is 222 Å². The molecule has 1 atom stereocenters. The lowest BCUT2D eigenvalue weighted by molar-refractivity contribution is -0.139. The maximum Gasteiger partial charge on any atom is 0.416 e. The van der Waals surface area contributed by atoms with Gasteiger partial charge in [0.1, 0.15) is 11.1 Å². The Morgan fingerprint density at radius 3 is 2.15 bits per heavy atom. The molecule has 7 N–H and O–H groups in total. The van der Waals surface area contributed by atoms with Crippen LogP contribution in [0.3, 0.4) is 0 Å².